The Morgan fingerprint density at radius 1 is 1.39 bits per heavy atom. The van der Waals surface area contributed by atoms with Crippen LogP contribution in [0.1, 0.15) is 11.4 Å². The number of ether oxygens (including phenoxy) is 1. The molecule has 0 aliphatic heterocycles. The monoisotopic (exact) mass is 284 g/mol. The van der Waals surface area contributed by atoms with Crippen molar-refractivity contribution in [2.24, 2.45) is 0 Å². The lowest BCUT2D eigenvalue weighted by molar-refractivity contribution is 0.400. The predicted molar refractivity (Wildman–Crippen MR) is 78.1 cm³/mol. The van der Waals surface area contributed by atoms with Crippen LogP contribution >= 0.6 is 22.9 Å². The summed E-state index contributed by atoms with van der Waals surface area (Å²) in [5, 5.41) is 1.88. The van der Waals surface area contributed by atoms with Crippen LogP contribution in [0.3, 0.4) is 0 Å². The smallest absolute Gasteiger partial charge is 0.146 e. The van der Waals surface area contributed by atoms with E-state index in [1.165, 1.54) is 0 Å². The molecule has 0 fully saturated rings. The Balaban J connectivity index is 2.23. The zero-order chi connectivity index (χ0) is 13.1. The molecule has 1 aromatic carbocycles. The summed E-state index contributed by atoms with van der Waals surface area (Å²) in [5.41, 5.74) is 0.884. The van der Waals surface area contributed by atoms with Gasteiger partial charge >= 0.3 is 0 Å². The first-order valence-corrected chi connectivity index (χ1v) is 7.08. The second-order valence-corrected chi connectivity index (χ2v) is 5.93. The maximum Gasteiger partial charge on any atom is 0.146 e. The minimum absolute atomic E-state index is 0.752. The predicted octanol–water partition coefficient (Wildman–Crippen LogP) is 3.45. The molecule has 0 bridgehead atoms. The van der Waals surface area contributed by atoms with Crippen molar-refractivity contribution in [1.29, 1.82) is 0 Å². The normalized spacial score (nSPS) is 11.4. The third-order valence-corrected chi connectivity index (χ3v) is 4.29. The average molecular weight is 285 g/mol. The van der Waals surface area contributed by atoms with Crippen molar-refractivity contribution in [2.75, 3.05) is 27.7 Å². The molecule has 0 aliphatic carbocycles. The largest absolute Gasteiger partial charge is 0.494 e. The fourth-order valence-corrected chi connectivity index (χ4v) is 3.11. The van der Waals surface area contributed by atoms with E-state index in [1.54, 1.807) is 18.4 Å². The van der Waals surface area contributed by atoms with E-state index in [0.29, 0.717) is 0 Å². The lowest BCUT2D eigenvalue weighted by Crippen LogP contribution is -2.13. The van der Waals surface area contributed by atoms with Crippen LogP contribution in [0, 0.1) is 0 Å². The van der Waals surface area contributed by atoms with Crippen molar-refractivity contribution in [1.82, 2.24) is 9.88 Å². The van der Waals surface area contributed by atoms with Crippen LogP contribution in [0.2, 0.25) is 5.02 Å². The molecule has 0 saturated heterocycles. The van der Waals surface area contributed by atoms with Crippen molar-refractivity contribution in [3.63, 3.8) is 0 Å². The van der Waals surface area contributed by atoms with Gasteiger partial charge in [0.1, 0.15) is 11.3 Å². The molecule has 0 amide bonds. The number of thiazole rings is 1. The Kier molecular flexibility index (Phi) is 4.43. The number of rotatable bonds is 5. The summed E-state index contributed by atoms with van der Waals surface area (Å²) >= 11 is 7.85. The minimum Gasteiger partial charge on any atom is -0.494 e. The number of nitrogens with zero attached hydrogens (tertiary/aromatic N) is 2. The number of halogens is 1. The highest BCUT2D eigenvalue weighted by Gasteiger charge is 2.11. The molecule has 0 atom stereocenters. The second-order valence-electron chi connectivity index (χ2n) is 4.44. The van der Waals surface area contributed by atoms with Gasteiger partial charge in [0.25, 0.3) is 0 Å². The number of methoxy groups -OCH3 is 1. The van der Waals surface area contributed by atoms with Gasteiger partial charge in [-0.3, -0.25) is 0 Å². The van der Waals surface area contributed by atoms with E-state index < -0.39 is 0 Å². The molecule has 2 rings (SSSR count). The number of hydrogen-bond acceptors (Lipinski definition) is 4. The fraction of sp³-hybridized carbons (Fsp3) is 0.462. The Morgan fingerprint density at radius 3 is 2.83 bits per heavy atom. The number of aromatic nitrogens is 1. The van der Waals surface area contributed by atoms with E-state index in [1.807, 2.05) is 12.1 Å². The van der Waals surface area contributed by atoms with Crippen molar-refractivity contribution in [2.45, 2.75) is 12.8 Å². The molecule has 0 aliphatic rings. The van der Waals surface area contributed by atoms with Gasteiger partial charge in [-0.15, -0.1) is 11.3 Å². The minimum atomic E-state index is 0.752. The summed E-state index contributed by atoms with van der Waals surface area (Å²) in [5.74, 6) is 0.796. The maximum atomic E-state index is 6.19. The molecule has 2 aromatic rings. The Hall–Kier alpha value is -0.840. The van der Waals surface area contributed by atoms with Crippen LogP contribution in [0.5, 0.6) is 5.75 Å². The molecule has 5 heteroatoms. The third kappa shape index (κ3) is 2.94. The summed E-state index contributed by atoms with van der Waals surface area (Å²) in [6.45, 7) is 1.07. The topological polar surface area (TPSA) is 25.4 Å². The molecule has 1 heterocycles. The molecule has 0 N–H and O–H groups in total. The molecule has 3 nitrogen and oxygen atoms in total. The highest BCUT2D eigenvalue weighted by molar-refractivity contribution is 7.19. The molecular weight excluding hydrogens is 268 g/mol. The molecule has 0 saturated carbocycles. The molecule has 1 aromatic heterocycles. The highest BCUT2D eigenvalue weighted by Crippen LogP contribution is 2.35. The molecule has 0 unspecified atom stereocenters. The molecular formula is C13H17ClN2OS. The van der Waals surface area contributed by atoms with Crippen LogP contribution in [-0.2, 0) is 6.42 Å². The van der Waals surface area contributed by atoms with E-state index in [0.717, 1.165) is 45.4 Å². The van der Waals surface area contributed by atoms with Gasteiger partial charge in [0.05, 0.1) is 21.8 Å². The molecule has 0 radical (unpaired) electrons. The number of benzene rings is 1. The van der Waals surface area contributed by atoms with E-state index in [9.17, 15) is 0 Å². The van der Waals surface area contributed by atoms with Crippen molar-refractivity contribution in [3.8, 4) is 5.75 Å². The SMILES string of the molecule is COc1ccc(Cl)c2sc(CCCN(C)C)nc12. The van der Waals surface area contributed by atoms with Crippen LogP contribution < -0.4 is 4.74 Å². The number of fused-ring (bicyclic) bond motifs is 1. The summed E-state index contributed by atoms with van der Waals surface area (Å²) in [4.78, 5) is 6.81. The molecule has 0 spiro atoms. The van der Waals surface area contributed by atoms with Crippen molar-refractivity contribution in [3.05, 3.63) is 22.2 Å². The van der Waals surface area contributed by atoms with Gasteiger partial charge < -0.3 is 9.64 Å². The standard InChI is InChI=1S/C13H17ClN2OS/c1-16(2)8-4-5-11-15-12-10(17-3)7-6-9(14)13(12)18-11/h6-7H,4-5,8H2,1-3H3. The highest BCUT2D eigenvalue weighted by atomic mass is 35.5. The van der Waals surface area contributed by atoms with Gasteiger partial charge in [-0.2, -0.15) is 0 Å². The Morgan fingerprint density at radius 2 is 2.17 bits per heavy atom. The van der Waals surface area contributed by atoms with Crippen LogP contribution in [0.25, 0.3) is 10.2 Å². The Bertz CT molecular complexity index is 539. The maximum absolute atomic E-state index is 6.19. The van der Waals surface area contributed by atoms with Crippen molar-refractivity contribution >= 4 is 33.2 Å². The van der Waals surface area contributed by atoms with Gasteiger partial charge in [0.15, 0.2) is 0 Å². The van der Waals surface area contributed by atoms with E-state index in [-0.39, 0.29) is 0 Å². The summed E-state index contributed by atoms with van der Waals surface area (Å²) in [7, 11) is 5.82. The summed E-state index contributed by atoms with van der Waals surface area (Å²) in [6, 6.07) is 3.73. The van der Waals surface area contributed by atoms with Gasteiger partial charge in [0.2, 0.25) is 0 Å². The third-order valence-electron chi connectivity index (χ3n) is 2.72. The quantitative estimate of drug-likeness (QED) is 0.841. The summed E-state index contributed by atoms with van der Waals surface area (Å²) < 4.78 is 6.34. The average Bonchev–Trinajstić information content (AvgIpc) is 2.74. The second kappa shape index (κ2) is 5.87. The van der Waals surface area contributed by atoms with Crippen LogP contribution in [-0.4, -0.2) is 37.6 Å². The first kappa shape index (κ1) is 13.6. The molecule has 98 valence electrons. The lowest BCUT2D eigenvalue weighted by Gasteiger charge is -2.07. The zero-order valence-corrected chi connectivity index (χ0v) is 12.4. The number of hydrogen-bond donors (Lipinski definition) is 0. The summed E-state index contributed by atoms with van der Waals surface area (Å²) in [6.07, 6.45) is 2.09. The Labute approximate surface area is 116 Å². The van der Waals surface area contributed by atoms with Gasteiger partial charge in [0, 0.05) is 6.42 Å². The van der Waals surface area contributed by atoms with E-state index in [4.69, 9.17) is 16.3 Å². The van der Waals surface area contributed by atoms with E-state index in [2.05, 4.69) is 24.0 Å². The zero-order valence-electron chi connectivity index (χ0n) is 10.9. The van der Waals surface area contributed by atoms with Gasteiger partial charge in [-0.1, -0.05) is 11.6 Å². The number of aryl methyl sites for hydroxylation is 1. The van der Waals surface area contributed by atoms with E-state index >= 15 is 0 Å². The lowest BCUT2D eigenvalue weighted by atomic mass is 10.3. The van der Waals surface area contributed by atoms with Crippen LogP contribution in [0.15, 0.2) is 12.1 Å². The van der Waals surface area contributed by atoms with Gasteiger partial charge in [-0.05, 0) is 39.2 Å². The molecule has 18 heavy (non-hydrogen) atoms. The van der Waals surface area contributed by atoms with Gasteiger partial charge in [-0.25, -0.2) is 4.98 Å². The fourth-order valence-electron chi connectivity index (χ4n) is 1.81. The first-order chi connectivity index (χ1) is 8.61. The van der Waals surface area contributed by atoms with Crippen LogP contribution in [0.4, 0.5) is 0 Å². The first-order valence-electron chi connectivity index (χ1n) is 5.88. The van der Waals surface area contributed by atoms with Crippen molar-refractivity contribution < 1.29 is 4.74 Å².